The van der Waals surface area contributed by atoms with E-state index in [1.54, 1.807) is 0 Å². The third-order valence-electron chi connectivity index (χ3n) is 2.76. The first-order chi connectivity index (χ1) is 7.93. The third-order valence-corrected chi connectivity index (χ3v) is 2.76. The summed E-state index contributed by atoms with van der Waals surface area (Å²) in [6.07, 6.45) is -0.0217. The minimum atomic E-state index is -0.473. The lowest BCUT2D eigenvalue weighted by molar-refractivity contribution is -0.199. The second kappa shape index (κ2) is 5.97. The van der Waals surface area contributed by atoms with Crippen LogP contribution in [0.4, 0.5) is 0 Å². The van der Waals surface area contributed by atoms with Gasteiger partial charge >= 0.3 is 0 Å². The maximum atomic E-state index is 11.1. The molecule has 1 fully saturated rings. The predicted octanol–water partition coefficient (Wildman–Crippen LogP) is -0.223. The molecule has 4 atom stereocenters. The maximum absolute atomic E-state index is 11.1. The molecule has 0 unspecified atom stereocenters. The van der Waals surface area contributed by atoms with Crippen molar-refractivity contribution in [3.8, 4) is 0 Å². The van der Waals surface area contributed by atoms with Crippen LogP contribution in [-0.2, 0) is 19.1 Å². The van der Waals surface area contributed by atoms with Crippen LogP contribution in [0.15, 0.2) is 0 Å². The van der Waals surface area contributed by atoms with Gasteiger partial charge in [-0.3, -0.25) is 9.59 Å². The van der Waals surface area contributed by atoms with E-state index in [4.69, 9.17) is 9.47 Å². The predicted molar refractivity (Wildman–Crippen MR) is 61.2 cm³/mol. The smallest absolute Gasteiger partial charge is 0.217 e. The van der Waals surface area contributed by atoms with E-state index in [2.05, 4.69) is 10.6 Å². The topological polar surface area (TPSA) is 76.7 Å². The molecule has 2 N–H and O–H groups in total. The second-order valence-electron chi connectivity index (χ2n) is 4.30. The summed E-state index contributed by atoms with van der Waals surface area (Å²) in [5.41, 5.74) is 0. The highest BCUT2D eigenvalue weighted by molar-refractivity contribution is 5.74. The Morgan fingerprint density at radius 3 is 2.18 bits per heavy atom. The number of hydrogen-bond acceptors (Lipinski definition) is 4. The van der Waals surface area contributed by atoms with Crippen molar-refractivity contribution in [1.29, 1.82) is 0 Å². The van der Waals surface area contributed by atoms with E-state index in [9.17, 15) is 9.59 Å². The van der Waals surface area contributed by atoms with Gasteiger partial charge in [-0.05, 0) is 13.3 Å². The number of ether oxygens (including phenoxy) is 2. The minimum absolute atomic E-state index is 0.108. The van der Waals surface area contributed by atoms with Crippen LogP contribution in [0.3, 0.4) is 0 Å². The molecule has 1 rings (SSSR count). The Labute approximate surface area is 101 Å². The van der Waals surface area contributed by atoms with Crippen LogP contribution in [0, 0.1) is 0 Å². The molecule has 2 amide bonds. The summed E-state index contributed by atoms with van der Waals surface area (Å²) in [5.74, 6) is -0.250. The Kier molecular flexibility index (Phi) is 4.89. The van der Waals surface area contributed by atoms with Gasteiger partial charge in [0, 0.05) is 21.0 Å². The molecule has 6 heteroatoms. The van der Waals surface area contributed by atoms with Gasteiger partial charge in [0.25, 0.3) is 0 Å². The summed E-state index contributed by atoms with van der Waals surface area (Å²) >= 11 is 0. The molecule has 0 spiro atoms. The number of methoxy groups -OCH3 is 1. The largest absolute Gasteiger partial charge is 0.354 e. The molecular formula is C11H20N2O4. The minimum Gasteiger partial charge on any atom is -0.354 e. The number of carbonyl (C=O) groups excluding carboxylic acids is 2. The maximum Gasteiger partial charge on any atom is 0.217 e. The van der Waals surface area contributed by atoms with Crippen molar-refractivity contribution >= 4 is 11.8 Å². The second-order valence-corrected chi connectivity index (χ2v) is 4.30. The van der Waals surface area contributed by atoms with Gasteiger partial charge in [-0.2, -0.15) is 0 Å². The lowest BCUT2D eigenvalue weighted by Crippen LogP contribution is -2.58. The number of amides is 2. The van der Waals surface area contributed by atoms with Crippen LogP contribution in [-0.4, -0.2) is 43.4 Å². The van der Waals surface area contributed by atoms with Gasteiger partial charge in [0.15, 0.2) is 6.29 Å². The molecule has 98 valence electrons. The zero-order valence-corrected chi connectivity index (χ0v) is 10.6. The van der Waals surface area contributed by atoms with Crippen molar-refractivity contribution in [2.45, 2.75) is 51.7 Å². The molecule has 1 aliphatic rings. The lowest BCUT2D eigenvalue weighted by atomic mass is 9.98. The van der Waals surface area contributed by atoms with Crippen LogP contribution in [0.25, 0.3) is 0 Å². The Balaban J connectivity index is 2.67. The summed E-state index contributed by atoms with van der Waals surface area (Å²) in [6, 6.07) is -0.360. The molecule has 1 aliphatic heterocycles. The molecule has 0 aromatic heterocycles. The Hall–Kier alpha value is -1.14. The molecule has 0 aromatic carbocycles. The van der Waals surface area contributed by atoms with Gasteiger partial charge in [0.2, 0.25) is 11.8 Å². The molecule has 0 radical (unpaired) electrons. The quantitative estimate of drug-likeness (QED) is 0.719. The Morgan fingerprint density at radius 2 is 1.71 bits per heavy atom. The number of rotatable bonds is 3. The highest BCUT2D eigenvalue weighted by Gasteiger charge is 2.36. The standard InChI is InChI=1S/C11H20N2O4/c1-6-9(12-7(2)14)5-10(13-8(3)15)11(16-4)17-6/h6,9-11H,5H2,1-4H3,(H,12,14)(H,13,15)/t6-,9+,10+,11-/m1/s1. The average molecular weight is 244 g/mol. The number of nitrogens with one attached hydrogen (secondary N) is 2. The van der Waals surface area contributed by atoms with Gasteiger partial charge in [0.1, 0.15) is 0 Å². The Bertz CT molecular complexity index is 295. The van der Waals surface area contributed by atoms with Crippen molar-refractivity contribution in [2.24, 2.45) is 0 Å². The van der Waals surface area contributed by atoms with Crippen molar-refractivity contribution < 1.29 is 19.1 Å². The van der Waals surface area contributed by atoms with Crippen LogP contribution in [0.2, 0.25) is 0 Å². The molecule has 0 aliphatic carbocycles. The number of hydrogen-bond donors (Lipinski definition) is 2. The van der Waals surface area contributed by atoms with Crippen LogP contribution in [0.5, 0.6) is 0 Å². The van der Waals surface area contributed by atoms with Crippen LogP contribution < -0.4 is 10.6 Å². The van der Waals surface area contributed by atoms with Gasteiger partial charge < -0.3 is 20.1 Å². The highest BCUT2D eigenvalue weighted by atomic mass is 16.7. The van der Waals surface area contributed by atoms with Crippen LogP contribution >= 0.6 is 0 Å². The average Bonchev–Trinajstić information content (AvgIpc) is 2.21. The van der Waals surface area contributed by atoms with E-state index in [-0.39, 0.29) is 30.0 Å². The highest BCUT2D eigenvalue weighted by Crippen LogP contribution is 2.20. The molecule has 6 nitrogen and oxygen atoms in total. The molecule has 0 bridgehead atoms. The lowest BCUT2D eigenvalue weighted by Gasteiger charge is -2.39. The zero-order chi connectivity index (χ0) is 13.0. The summed E-state index contributed by atoms with van der Waals surface area (Å²) < 4.78 is 10.8. The first kappa shape index (κ1) is 13.9. The molecule has 1 heterocycles. The van der Waals surface area contributed by atoms with E-state index in [1.807, 2.05) is 6.92 Å². The Morgan fingerprint density at radius 1 is 1.18 bits per heavy atom. The normalized spacial score (nSPS) is 32.9. The molecule has 0 aromatic rings. The first-order valence-corrected chi connectivity index (χ1v) is 5.66. The van der Waals surface area contributed by atoms with Gasteiger partial charge in [-0.15, -0.1) is 0 Å². The fourth-order valence-electron chi connectivity index (χ4n) is 2.02. The molecular weight excluding hydrogens is 224 g/mol. The monoisotopic (exact) mass is 244 g/mol. The third kappa shape index (κ3) is 3.98. The van der Waals surface area contributed by atoms with Crippen LogP contribution in [0.1, 0.15) is 27.2 Å². The van der Waals surface area contributed by atoms with Gasteiger partial charge in [0.05, 0.1) is 18.2 Å². The van der Waals surface area contributed by atoms with E-state index < -0.39 is 6.29 Å². The molecule has 1 saturated heterocycles. The van der Waals surface area contributed by atoms with Crippen molar-refractivity contribution in [1.82, 2.24) is 10.6 Å². The van der Waals surface area contributed by atoms with E-state index in [0.717, 1.165) is 0 Å². The van der Waals surface area contributed by atoms with Crippen molar-refractivity contribution in [3.63, 3.8) is 0 Å². The van der Waals surface area contributed by atoms with E-state index in [0.29, 0.717) is 6.42 Å². The van der Waals surface area contributed by atoms with Gasteiger partial charge in [-0.25, -0.2) is 0 Å². The fourth-order valence-corrected chi connectivity index (χ4v) is 2.02. The van der Waals surface area contributed by atoms with Crippen molar-refractivity contribution in [3.05, 3.63) is 0 Å². The van der Waals surface area contributed by atoms with E-state index >= 15 is 0 Å². The fraction of sp³-hybridized carbons (Fsp3) is 0.818. The van der Waals surface area contributed by atoms with Gasteiger partial charge in [-0.1, -0.05) is 0 Å². The molecule has 0 saturated carbocycles. The summed E-state index contributed by atoms with van der Waals surface area (Å²) in [7, 11) is 1.53. The summed E-state index contributed by atoms with van der Waals surface area (Å²) in [5, 5.41) is 5.57. The first-order valence-electron chi connectivity index (χ1n) is 5.66. The SMILES string of the molecule is CO[C@@H]1O[C@H](C)[C@@H](NC(C)=O)C[C@@H]1NC(C)=O. The number of carbonyl (C=O) groups is 2. The zero-order valence-electron chi connectivity index (χ0n) is 10.6. The molecule has 17 heavy (non-hydrogen) atoms. The summed E-state index contributed by atoms with van der Waals surface area (Å²) in [6.45, 7) is 4.78. The van der Waals surface area contributed by atoms with Crippen molar-refractivity contribution in [2.75, 3.05) is 7.11 Å². The summed E-state index contributed by atoms with van der Waals surface area (Å²) in [4.78, 5) is 22.1. The van der Waals surface area contributed by atoms with E-state index in [1.165, 1.54) is 21.0 Å².